The van der Waals surface area contributed by atoms with Crippen molar-refractivity contribution >= 4 is 0 Å². The Kier molecular flexibility index (Phi) is 3.23. The molecule has 1 saturated heterocycles. The van der Waals surface area contributed by atoms with E-state index >= 15 is 0 Å². The molecule has 0 spiro atoms. The largest absolute Gasteiger partial charge is 0.373 e. The summed E-state index contributed by atoms with van der Waals surface area (Å²) in [4.78, 5) is 0. The quantitative estimate of drug-likeness (QED) is 0.772. The average molecular weight is 258 g/mol. The van der Waals surface area contributed by atoms with Crippen molar-refractivity contribution in [1.29, 1.82) is 0 Å². The Bertz CT molecular complexity index is 467. The maximum atomic E-state index is 6.22. The molecular formula is C17H22O2. The fraction of sp³-hybridized carbons (Fsp3) is 0.529. The van der Waals surface area contributed by atoms with Gasteiger partial charge >= 0.3 is 0 Å². The monoisotopic (exact) mass is 258 g/mol. The van der Waals surface area contributed by atoms with E-state index in [1.54, 1.807) is 0 Å². The Morgan fingerprint density at radius 2 is 1.95 bits per heavy atom. The van der Waals surface area contributed by atoms with Crippen molar-refractivity contribution in [2.75, 3.05) is 0 Å². The number of fused-ring (bicyclic) bond motifs is 2. The van der Waals surface area contributed by atoms with Crippen LogP contribution in [0.3, 0.4) is 0 Å². The summed E-state index contributed by atoms with van der Waals surface area (Å²) in [5.74, 6) is 0.784. The lowest BCUT2D eigenvalue weighted by atomic mass is 9.79. The van der Waals surface area contributed by atoms with Crippen molar-refractivity contribution in [1.82, 2.24) is 0 Å². The Labute approximate surface area is 115 Å². The summed E-state index contributed by atoms with van der Waals surface area (Å²) < 4.78 is 12.3. The van der Waals surface area contributed by atoms with Crippen LogP contribution in [0.1, 0.15) is 26.3 Å². The van der Waals surface area contributed by atoms with Gasteiger partial charge in [0.15, 0.2) is 0 Å². The number of rotatable bonds is 3. The zero-order valence-electron chi connectivity index (χ0n) is 11.9. The maximum Gasteiger partial charge on any atom is 0.0893 e. The van der Waals surface area contributed by atoms with Gasteiger partial charge in [0.2, 0.25) is 0 Å². The lowest BCUT2D eigenvalue weighted by Gasteiger charge is -2.45. The van der Waals surface area contributed by atoms with Gasteiger partial charge in [-0.1, -0.05) is 56.3 Å². The lowest BCUT2D eigenvalue weighted by molar-refractivity contribution is -0.184. The third kappa shape index (κ3) is 2.24. The van der Waals surface area contributed by atoms with E-state index in [0.29, 0.717) is 18.4 Å². The van der Waals surface area contributed by atoms with Crippen LogP contribution in [0.4, 0.5) is 0 Å². The molecule has 2 bridgehead atoms. The highest BCUT2D eigenvalue weighted by atomic mass is 16.5. The first-order chi connectivity index (χ1) is 9.10. The molecule has 0 unspecified atom stereocenters. The second-order valence-corrected chi connectivity index (χ2v) is 6.03. The summed E-state index contributed by atoms with van der Waals surface area (Å²) >= 11 is 0. The lowest BCUT2D eigenvalue weighted by Crippen LogP contribution is -2.51. The molecular weight excluding hydrogens is 236 g/mol. The van der Waals surface area contributed by atoms with Crippen LogP contribution in [0, 0.1) is 11.8 Å². The maximum absolute atomic E-state index is 6.22. The Balaban J connectivity index is 1.71. The minimum absolute atomic E-state index is 0.154. The molecule has 0 aromatic heterocycles. The van der Waals surface area contributed by atoms with E-state index in [4.69, 9.17) is 9.47 Å². The first-order valence-corrected chi connectivity index (χ1v) is 7.13. The molecule has 1 aromatic carbocycles. The molecule has 2 aliphatic heterocycles. The van der Waals surface area contributed by atoms with E-state index in [1.165, 1.54) is 5.56 Å². The van der Waals surface area contributed by atoms with Gasteiger partial charge < -0.3 is 9.47 Å². The highest BCUT2D eigenvalue weighted by molar-refractivity contribution is 5.19. The third-order valence-electron chi connectivity index (χ3n) is 4.73. The predicted molar refractivity (Wildman–Crippen MR) is 75.8 cm³/mol. The van der Waals surface area contributed by atoms with Crippen molar-refractivity contribution in [3.63, 3.8) is 0 Å². The summed E-state index contributed by atoms with van der Waals surface area (Å²) in [5, 5.41) is 0. The molecule has 0 N–H and O–H groups in total. The molecule has 2 aliphatic rings. The van der Waals surface area contributed by atoms with Crippen LogP contribution in [0.2, 0.25) is 0 Å². The van der Waals surface area contributed by atoms with Crippen molar-refractivity contribution in [2.45, 2.75) is 45.2 Å². The number of benzene rings is 1. The van der Waals surface area contributed by atoms with Gasteiger partial charge in [-0.05, 0) is 12.5 Å². The van der Waals surface area contributed by atoms with Gasteiger partial charge in [0.05, 0.1) is 24.4 Å². The Hall–Kier alpha value is -1.12. The van der Waals surface area contributed by atoms with Crippen LogP contribution in [-0.4, -0.2) is 17.8 Å². The highest BCUT2D eigenvalue weighted by Gasteiger charge is 2.50. The predicted octanol–water partition coefficient (Wildman–Crippen LogP) is 3.57. The number of ether oxygens (including phenoxy) is 2. The van der Waals surface area contributed by atoms with Crippen molar-refractivity contribution in [3.05, 3.63) is 48.0 Å². The molecule has 3 rings (SSSR count). The fourth-order valence-corrected chi connectivity index (χ4v) is 3.23. The fourth-order valence-electron chi connectivity index (χ4n) is 3.23. The molecule has 2 heteroatoms. The Morgan fingerprint density at radius 1 is 1.21 bits per heavy atom. The van der Waals surface area contributed by atoms with Crippen LogP contribution < -0.4 is 0 Å². The molecule has 0 amide bonds. The van der Waals surface area contributed by atoms with E-state index in [0.717, 1.165) is 0 Å². The van der Waals surface area contributed by atoms with Gasteiger partial charge in [0, 0.05) is 11.8 Å². The van der Waals surface area contributed by atoms with Crippen LogP contribution in [0.15, 0.2) is 42.5 Å². The van der Waals surface area contributed by atoms with E-state index in [1.807, 2.05) is 6.07 Å². The zero-order chi connectivity index (χ0) is 13.5. The van der Waals surface area contributed by atoms with Gasteiger partial charge in [-0.15, -0.1) is 0 Å². The van der Waals surface area contributed by atoms with E-state index in [2.05, 4.69) is 57.2 Å². The summed E-state index contributed by atoms with van der Waals surface area (Å²) in [5.41, 5.74) is 1.08. The minimum atomic E-state index is -0.154. The van der Waals surface area contributed by atoms with E-state index in [9.17, 15) is 0 Å². The summed E-state index contributed by atoms with van der Waals surface area (Å²) in [6, 6.07) is 10.4. The second-order valence-electron chi connectivity index (χ2n) is 6.03. The standard InChI is InChI=1S/C17H22O2/c1-12-15-9-10-17(3,19-15)13(2)16(12)18-11-14-7-5-4-6-8-14/h4-10,12-13,15-16H,11H2,1-3H3/t12-,13-,15+,16-,17-/m1/s1. The molecule has 102 valence electrons. The number of hydrogen-bond donors (Lipinski definition) is 0. The molecule has 5 atom stereocenters. The van der Waals surface area contributed by atoms with Gasteiger partial charge in [0.25, 0.3) is 0 Å². The van der Waals surface area contributed by atoms with Crippen molar-refractivity contribution in [3.8, 4) is 0 Å². The molecule has 2 heterocycles. The summed E-state index contributed by atoms with van der Waals surface area (Å²) in [6.45, 7) is 7.31. The molecule has 1 aromatic rings. The molecule has 2 nitrogen and oxygen atoms in total. The number of hydrogen-bond acceptors (Lipinski definition) is 2. The van der Waals surface area contributed by atoms with E-state index < -0.39 is 0 Å². The van der Waals surface area contributed by atoms with Gasteiger partial charge in [-0.25, -0.2) is 0 Å². The van der Waals surface area contributed by atoms with Crippen LogP contribution >= 0.6 is 0 Å². The topological polar surface area (TPSA) is 18.5 Å². The first kappa shape index (κ1) is 12.9. The minimum Gasteiger partial charge on any atom is -0.373 e. The second kappa shape index (κ2) is 4.77. The zero-order valence-corrected chi connectivity index (χ0v) is 11.9. The highest BCUT2D eigenvalue weighted by Crippen LogP contribution is 2.44. The van der Waals surface area contributed by atoms with Crippen molar-refractivity contribution < 1.29 is 9.47 Å². The molecule has 19 heavy (non-hydrogen) atoms. The van der Waals surface area contributed by atoms with Crippen molar-refractivity contribution in [2.24, 2.45) is 11.8 Å². The third-order valence-corrected chi connectivity index (χ3v) is 4.73. The van der Waals surface area contributed by atoms with Gasteiger partial charge in [-0.3, -0.25) is 0 Å². The molecule has 0 radical (unpaired) electrons. The molecule has 0 saturated carbocycles. The summed E-state index contributed by atoms with van der Waals surface area (Å²) in [7, 11) is 0. The molecule has 1 fully saturated rings. The van der Waals surface area contributed by atoms with Gasteiger partial charge in [-0.2, -0.15) is 0 Å². The van der Waals surface area contributed by atoms with E-state index in [-0.39, 0.29) is 17.8 Å². The Morgan fingerprint density at radius 3 is 2.68 bits per heavy atom. The normalized spacial score (nSPS) is 40.6. The summed E-state index contributed by atoms with van der Waals surface area (Å²) in [6.07, 6.45) is 4.87. The van der Waals surface area contributed by atoms with Gasteiger partial charge in [0.1, 0.15) is 0 Å². The molecule has 0 aliphatic carbocycles. The van der Waals surface area contributed by atoms with Crippen LogP contribution in [0.25, 0.3) is 0 Å². The smallest absolute Gasteiger partial charge is 0.0893 e. The SMILES string of the molecule is C[C@H]1[C@@H](OCc2ccccc2)[C@@H](C)[C@@]2(C)C=C[C@@H]1O2. The first-order valence-electron chi connectivity index (χ1n) is 7.13. The van der Waals surface area contributed by atoms with Crippen LogP contribution in [0.5, 0.6) is 0 Å². The average Bonchev–Trinajstić information content (AvgIpc) is 2.80. The van der Waals surface area contributed by atoms with Crippen LogP contribution in [-0.2, 0) is 16.1 Å².